The molecule has 114 valence electrons. The van der Waals surface area contributed by atoms with E-state index in [2.05, 4.69) is 20.8 Å². The van der Waals surface area contributed by atoms with Gasteiger partial charge in [0.1, 0.15) is 6.33 Å². The predicted octanol–water partition coefficient (Wildman–Crippen LogP) is 2.57. The monoisotopic (exact) mass is 317 g/mol. The molecule has 0 radical (unpaired) electrons. The van der Waals surface area contributed by atoms with Crippen molar-refractivity contribution in [2.75, 3.05) is 12.3 Å². The molecule has 1 atom stereocenters. The number of benzene rings is 1. The van der Waals surface area contributed by atoms with Crippen molar-refractivity contribution in [3.63, 3.8) is 0 Å². The van der Waals surface area contributed by atoms with Crippen LogP contribution in [0, 0.1) is 0 Å². The lowest BCUT2D eigenvalue weighted by Gasteiger charge is -2.15. The van der Waals surface area contributed by atoms with Crippen molar-refractivity contribution in [2.24, 2.45) is 0 Å². The summed E-state index contributed by atoms with van der Waals surface area (Å²) in [6.07, 6.45) is 1.48. The molecule has 2 aromatic rings. The second-order valence-electron chi connectivity index (χ2n) is 4.32. The first-order valence-corrected chi connectivity index (χ1v) is 7.21. The Kier molecular flexibility index (Phi) is 5.18. The van der Waals surface area contributed by atoms with Crippen LogP contribution < -0.4 is 5.32 Å². The molecule has 1 aromatic heterocycles. The Balaban J connectivity index is 1.91. The SMILES string of the molecule is CC(NCCSC(F)(F)F)c1cccc(-n2cnnn2)c1. The van der Waals surface area contributed by atoms with Crippen LogP contribution in [0.25, 0.3) is 5.69 Å². The maximum Gasteiger partial charge on any atom is 0.441 e. The zero-order valence-electron chi connectivity index (χ0n) is 11.2. The van der Waals surface area contributed by atoms with E-state index < -0.39 is 5.51 Å². The number of tetrazole rings is 1. The molecular formula is C12H14F3N5S. The molecule has 0 amide bonds. The van der Waals surface area contributed by atoms with Crippen LogP contribution in [0.15, 0.2) is 30.6 Å². The fourth-order valence-electron chi connectivity index (χ4n) is 1.78. The Hall–Kier alpha value is -1.61. The van der Waals surface area contributed by atoms with Gasteiger partial charge < -0.3 is 5.32 Å². The standard InChI is InChI=1S/C12H14F3N5S/c1-9(16-5-6-21-12(13,14)15)10-3-2-4-11(7-10)20-8-17-18-19-20/h2-4,7-9,16H,5-6H2,1H3. The molecule has 5 nitrogen and oxygen atoms in total. The molecular weight excluding hydrogens is 303 g/mol. The summed E-state index contributed by atoms with van der Waals surface area (Å²) >= 11 is -0.0212. The van der Waals surface area contributed by atoms with Crippen LogP contribution in [-0.4, -0.2) is 38.0 Å². The molecule has 0 saturated heterocycles. The third kappa shape index (κ3) is 5.01. The number of hydrogen-bond donors (Lipinski definition) is 1. The summed E-state index contributed by atoms with van der Waals surface area (Å²) in [5, 5.41) is 14.0. The summed E-state index contributed by atoms with van der Waals surface area (Å²) in [7, 11) is 0. The van der Waals surface area contributed by atoms with E-state index in [9.17, 15) is 13.2 Å². The van der Waals surface area contributed by atoms with Crippen molar-refractivity contribution in [2.45, 2.75) is 18.5 Å². The van der Waals surface area contributed by atoms with Crippen LogP contribution >= 0.6 is 11.8 Å². The molecule has 21 heavy (non-hydrogen) atoms. The van der Waals surface area contributed by atoms with Crippen LogP contribution in [0.4, 0.5) is 13.2 Å². The molecule has 0 bridgehead atoms. The van der Waals surface area contributed by atoms with Crippen molar-refractivity contribution < 1.29 is 13.2 Å². The second-order valence-corrected chi connectivity index (χ2v) is 5.48. The zero-order chi connectivity index (χ0) is 15.3. The van der Waals surface area contributed by atoms with Crippen LogP contribution in [-0.2, 0) is 0 Å². The highest BCUT2D eigenvalue weighted by Gasteiger charge is 2.27. The van der Waals surface area contributed by atoms with E-state index in [4.69, 9.17) is 0 Å². The third-order valence-corrected chi connectivity index (χ3v) is 3.54. The van der Waals surface area contributed by atoms with Crippen molar-refractivity contribution in [1.29, 1.82) is 0 Å². The van der Waals surface area contributed by atoms with Crippen LogP contribution in [0.5, 0.6) is 0 Å². The fraction of sp³-hybridized carbons (Fsp3) is 0.417. The van der Waals surface area contributed by atoms with Gasteiger partial charge in [0.2, 0.25) is 0 Å². The number of nitrogens with one attached hydrogen (secondary N) is 1. The number of rotatable bonds is 6. The first kappa shape index (κ1) is 15.8. The maximum atomic E-state index is 12.0. The van der Waals surface area contributed by atoms with Gasteiger partial charge in [-0.2, -0.15) is 13.2 Å². The second kappa shape index (κ2) is 6.90. The smallest absolute Gasteiger partial charge is 0.309 e. The van der Waals surface area contributed by atoms with E-state index in [0.29, 0.717) is 0 Å². The van der Waals surface area contributed by atoms with Crippen molar-refractivity contribution in [3.8, 4) is 5.69 Å². The maximum absolute atomic E-state index is 12.0. The molecule has 1 unspecified atom stereocenters. The molecule has 1 N–H and O–H groups in total. The Morgan fingerprint density at radius 2 is 2.19 bits per heavy atom. The van der Waals surface area contributed by atoms with E-state index in [-0.39, 0.29) is 30.1 Å². The molecule has 2 rings (SSSR count). The quantitative estimate of drug-likeness (QED) is 0.830. The van der Waals surface area contributed by atoms with Crippen molar-refractivity contribution >= 4 is 11.8 Å². The predicted molar refractivity (Wildman–Crippen MR) is 74.1 cm³/mol. The van der Waals surface area contributed by atoms with Crippen LogP contribution in [0.1, 0.15) is 18.5 Å². The number of nitrogens with zero attached hydrogens (tertiary/aromatic N) is 4. The van der Waals surface area contributed by atoms with Crippen molar-refractivity contribution in [3.05, 3.63) is 36.2 Å². The summed E-state index contributed by atoms with van der Waals surface area (Å²) < 4.78 is 37.6. The first-order chi connectivity index (χ1) is 9.96. The van der Waals surface area contributed by atoms with E-state index >= 15 is 0 Å². The van der Waals surface area contributed by atoms with E-state index in [1.54, 1.807) is 0 Å². The van der Waals surface area contributed by atoms with Gasteiger partial charge >= 0.3 is 5.51 Å². The van der Waals surface area contributed by atoms with E-state index in [0.717, 1.165) is 11.3 Å². The van der Waals surface area contributed by atoms with Gasteiger partial charge in [-0.05, 0) is 46.8 Å². The molecule has 0 aliphatic heterocycles. The van der Waals surface area contributed by atoms with Gasteiger partial charge in [0.15, 0.2) is 0 Å². The number of halogens is 3. The molecule has 0 fully saturated rings. The summed E-state index contributed by atoms with van der Waals surface area (Å²) in [5.74, 6) is -0.0134. The molecule has 0 spiro atoms. The molecule has 9 heteroatoms. The van der Waals surface area contributed by atoms with Gasteiger partial charge in [0.25, 0.3) is 0 Å². The zero-order valence-corrected chi connectivity index (χ0v) is 12.0. The lowest BCUT2D eigenvalue weighted by Crippen LogP contribution is -2.22. The Morgan fingerprint density at radius 1 is 1.38 bits per heavy atom. The molecule has 1 aromatic carbocycles. The minimum atomic E-state index is -4.18. The van der Waals surface area contributed by atoms with E-state index in [1.165, 1.54) is 11.0 Å². The topological polar surface area (TPSA) is 55.6 Å². The molecule has 0 aliphatic rings. The fourth-order valence-corrected chi connectivity index (χ4v) is 2.23. The van der Waals surface area contributed by atoms with Gasteiger partial charge in [0.05, 0.1) is 5.69 Å². The highest BCUT2D eigenvalue weighted by atomic mass is 32.2. The lowest BCUT2D eigenvalue weighted by atomic mass is 10.1. The van der Waals surface area contributed by atoms with Gasteiger partial charge in [-0.25, -0.2) is 4.68 Å². The molecule has 0 aliphatic carbocycles. The van der Waals surface area contributed by atoms with Crippen LogP contribution in [0.2, 0.25) is 0 Å². The lowest BCUT2D eigenvalue weighted by molar-refractivity contribution is -0.0327. The van der Waals surface area contributed by atoms with E-state index in [1.807, 2.05) is 31.2 Å². The van der Waals surface area contributed by atoms with Gasteiger partial charge in [-0.1, -0.05) is 12.1 Å². The Bertz CT molecular complexity index is 558. The normalized spacial score (nSPS) is 13.3. The number of alkyl halides is 3. The average Bonchev–Trinajstić information content (AvgIpc) is 2.96. The Morgan fingerprint density at radius 3 is 2.86 bits per heavy atom. The third-order valence-electron chi connectivity index (χ3n) is 2.80. The molecule has 1 heterocycles. The minimum absolute atomic E-state index is 0.0134. The summed E-state index contributed by atoms with van der Waals surface area (Å²) in [6, 6.07) is 7.45. The summed E-state index contributed by atoms with van der Waals surface area (Å²) in [4.78, 5) is 0. The number of hydrogen-bond acceptors (Lipinski definition) is 5. The highest BCUT2D eigenvalue weighted by Crippen LogP contribution is 2.29. The number of thioether (sulfide) groups is 1. The minimum Gasteiger partial charge on any atom is -0.309 e. The van der Waals surface area contributed by atoms with Gasteiger partial charge in [-0.15, -0.1) is 5.10 Å². The summed E-state index contributed by atoms with van der Waals surface area (Å²) in [5.41, 5.74) is -2.42. The summed E-state index contributed by atoms with van der Waals surface area (Å²) in [6.45, 7) is 2.18. The first-order valence-electron chi connectivity index (χ1n) is 6.23. The highest BCUT2D eigenvalue weighted by molar-refractivity contribution is 8.00. The Labute approximate surface area is 123 Å². The molecule has 0 saturated carbocycles. The average molecular weight is 317 g/mol. The van der Waals surface area contributed by atoms with Gasteiger partial charge in [-0.3, -0.25) is 0 Å². The largest absolute Gasteiger partial charge is 0.441 e. The van der Waals surface area contributed by atoms with Crippen LogP contribution in [0.3, 0.4) is 0 Å². The van der Waals surface area contributed by atoms with Crippen molar-refractivity contribution in [1.82, 2.24) is 25.5 Å². The van der Waals surface area contributed by atoms with Gasteiger partial charge in [0, 0.05) is 18.3 Å². The number of aromatic nitrogens is 4.